The Labute approximate surface area is 85.4 Å². The zero-order valence-electron chi connectivity index (χ0n) is 8.24. The summed E-state index contributed by atoms with van der Waals surface area (Å²) in [4.78, 5) is 0.990. The highest BCUT2D eigenvalue weighted by Gasteiger charge is 2.10. The summed E-state index contributed by atoms with van der Waals surface area (Å²) in [5.41, 5.74) is 1.23. The van der Waals surface area contributed by atoms with E-state index in [1.165, 1.54) is 5.56 Å². The van der Waals surface area contributed by atoms with E-state index in [-0.39, 0.29) is 0 Å². The van der Waals surface area contributed by atoms with E-state index in [0.29, 0.717) is 10.9 Å². The minimum Gasteiger partial charge on any atom is -0.255 e. The summed E-state index contributed by atoms with van der Waals surface area (Å²) in [6.07, 6.45) is 6.15. The van der Waals surface area contributed by atoms with Gasteiger partial charge in [0.1, 0.15) is 5.75 Å². The van der Waals surface area contributed by atoms with Crippen molar-refractivity contribution >= 4 is 21.7 Å². The second-order valence-electron chi connectivity index (χ2n) is 3.19. The summed E-state index contributed by atoms with van der Waals surface area (Å²) in [6, 6.07) is 7.99. The second kappa shape index (κ2) is 4.82. The van der Waals surface area contributed by atoms with E-state index in [9.17, 15) is 4.21 Å². The van der Waals surface area contributed by atoms with Crippen molar-refractivity contribution in [3.05, 3.63) is 29.8 Å². The summed E-state index contributed by atoms with van der Waals surface area (Å²) < 4.78 is 11.4. The van der Waals surface area contributed by atoms with Crippen molar-refractivity contribution < 1.29 is 4.21 Å². The monoisotopic (exact) mass is 215 g/mol. The summed E-state index contributed by atoms with van der Waals surface area (Å²) in [6.45, 7) is 0. The van der Waals surface area contributed by atoms with Gasteiger partial charge in [-0.3, -0.25) is 4.21 Å². The molecule has 0 spiro atoms. The first-order valence-corrected chi connectivity index (χ1v) is 7.83. The summed E-state index contributed by atoms with van der Waals surface area (Å²) in [5, 5.41) is 0. The molecule has 0 aromatic heterocycles. The molecule has 0 radical (unpaired) electrons. The molecule has 0 bridgehead atoms. The third-order valence-electron chi connectivity index (χ3n) is 1.73. The molecule has 0 aliphatic heterocycles. The molecule has 1 aromatic carbocycles. The topological polar surface area (TPSA) is 17.1 Å². The Morgan fingerprint density at radius 1 is 1.31 bits per heavy atom. The van der Waals surface area contributed by atoms with Gasteiger partial charge >= 0.3 is 0 Å². The van der Waals surface area contributed by atoms with E-state index in [1.807, 2.05) is 18.2 Å². The molecular formula is C10H15OS2+. The molecule has 0 aliphatic rings. The van der Waals surface area contributed by atoms with Crippen LogP contribution < -0.4 is 0 Å². The lowest BCUT2D eigenvalue weighted by Crippen LogP contribution is -2.03. The van der Waals surface area contributed by atoms with Crippen LogP contribution in [0.1, 0.15) is 5.56 Å². The van der Waals surface area contributed by atoms with Gasteiger partial charge in [-0.2, -0.15) is 0 Å². The molecule has 0 saturated carbocycles. The van der Waals surface area contributed by atoms with Gasteiger partial charge in [-0.1, -0.05) is 18.2 Å². The lowest BCUT2D eigenvalue weighted by molar-refractivity contribution is 0.686. The normalized spacial score (nSPS) is 13.2. The average Bonchev–Trinajstić information content (AvgIpc) is 2.03. The Bertz CT molecular complexity index is 308. The predicted molar refractivity (Wildman–Crippen MR) is 61.7 cm³/mol. The zero-order valence-corrected chi connectivity index (χ0v) is 9.87. The standard InChI is InChI=1S/C10H15OS2/c1-12(2)8-9-6-4-5-7-10(9)13(3)11/h4-7H,8H2,1-3H3/q+1. The van der Waals surface area contributed by atoms with Crippen LogP contribution in [0.3, 0.4) is 0 Å². The molecule has 1 unspecified atom stereocenters. The molecular weight excluding hydrogens is 200 g/mol. The highest BCUT2D eigenvalue weighted by Crippen LogP contribution is 2.15. The number of benzene rings is 1. The third kappa shape index (κ3) is 3.16. The molecule has 1 atom stereocenters. The lowest BCUT2D eigenvalue weighted by atomic mass is 10.2. The molecule has 3 heteroatoms. The molecule has 0 amide bonds. The second-order valence-corrected chi connectivity index (χ2v) is 6.80. The van der Waals surface area contributed by atoms with Gasteiger partial charge in [0.15, 0.2) is 0 Å². The molecule has 0 heterocycles. The predicted octanol–water partition coefficient (Wildman–Crippen LogP) is 1.80. The van der Waals surface area contributed by atoms with E-state index >= 15 is 0 Å². The molecule has 1 aromatic rings. The molecule has 13 heavy (non-hydrogen) atoms. The Morgan fingerprint density at radius 3 is 2.46 bits per heavy atom. The van der Waals surface area contributed by atoms with Crippen molar-refractivity contribution in [3.63, 3.8) is 0 Å². The van der Waals surface area contributed by atoms with Crippen molar-refractivity contribution in [1.29, 1.82) is 0 Å². The van der Waals surface area contributed by atoms with Crippen LogP contribution in [-0.4, -0.2) is 23.0 Å². The van der Waals surface area contributed by atoms with Crippen LogP contribution in [0.2, 0.25) is 0 Å². The Hall–Kier alpha value is -0.280. The van der Waals surface area contributed by atoms with Crippen molar-refractivity contribution in [3.8, 4) is 0 Å². The average molecular weight is 215 g/mol. The van der Waals surface area contributed by atoms with Gasteiger partial charge in [0.2, 0.25) is 0 Å². The fraction of sp³-hybridized carbons (Fsp3) is 0.400. The maximum absolute atomic E-state index is 11.4. The minimum absolute atomic E-state index is 0.372. The quantitative estimate of drug-likeness (QED) is 0.703. The van der Waals surface area contributed by atoms with Crippen molar-refractivity contribution in [2.45, 2.75) is 10.6 Å². The van der Waals surface area contributed by atoms with E-state index in [2.05, 4.69) is 18.6 Å². The fourth-order valence-corrected chi connectivity index (χ4v) is 2.96. The molecule has 0 fully saturated rings. The molecule has 0 saturated heterocycles. The minimum atomic E-state index is -0.852. The Morgan fingerprint density at radius 2 is 1.92 bits per heavy atom. The number of hydrogen-bond acceptors (Lipinski definition) is 1. The van der Waals surface area contributed by atoms with Crippen LogP contribution in [0.4, 0.5) is 0 Å². The van der Waals surface area contributed by atoms with Crippen molar-refractivity contribution in [2.75, 3.05) is 18.8 Å². The largest absolute Gasteiger partial charge is 0.255 e. The molecule has 0 N–H and O–H groups in total. The Kier molecular flexibility index (Phi) is 4.00. The van der Waals surface area contributed by atoms with Gasteiger partial charge in [0, 0.05) is 16.7 Å². The van der Waals surface area contributed by atoms with Crippen LogP contribution in [0.25, 0.3) is 0 Å². The SMILES string of the molecule is CS(=O)c1ccccc1C[S+](C)C. The van der Waals surface area contributed by atoms with Gasteiger partial charge < -0.3 is 0 Å². The van der Waals surface area contributed by atoms with E-state index < -0.39 is 10.8 Å². The maximum atomic E-state index is 11.4. The van der Waals surface area contributed by atoms with E-state index in [1.54, 1.807) is 6.26 Å². The van der Waals surface area contributed by atoms with Crippen LogP contribution in [0.15, 0.2) is 29.2 Å². The highest BCUT2D eigenvalue weighted by molar-refractivity contribution is 7.94. The first-order chi connectivity index (χ1) is 6.11. The number of rotatable bonds is 3. The Balaban J connectivity index is 2.98. The third-order valence-corrected chi connectivity index (χ3v) is 3.63. The summed E-state index contributed by atoms with van der Waals surface area (Å²) >= 11 is 0. The van der Waals surface area contributed by atoms with E-state index in [4.69, 9.17) is 0 Å². The summed E-state index contributed by atoms with van der Waals surface area (Å²) in [7, 11) is -0.480. The van der Waals surface area contributed by atoms with Crippen LogP contribution in [-0.2, 0) is 27.4 Å². The van der Waals surface area contributed by atoms with Crippen LogP contribution in [0, 0.1) is 0 Å². The van der Waals surface area contributed by atoms with E-state index in [0.717, 1.165) is 10.6 Å². The smallest absolute Gasteiger partial charge is 0.133 e. The molecule has 1 rings (SSSR count). The molecule has 0 aliphatic carbocycles. The first kappa shape index (κ1) is 10.8. The van der Waals surface area contributed by atoms with Crippen LogP contribution >= 0.6 is 0 Å². The summed E-state index contributed by atoms with van der Waals surface area (Å²) in [5.74, 6) is 1.04. The first-order valence-electron chi connectivity index (χ1n) is 4.07. The lowest BCUT2D eigenvalue weighted by Gasteiger charge is -2.04. The fourth-order valence-electron chi connectivity index (χ4n) is 1.21. The van der Waals surface area contributed by atoms with Gasteiger partial charge in [-0.05, 0) is 17.0 Å². The maximum Gasteiger partial charge on any atom is 0.133 e. The van der Waals surface area contributed by atoms with Gasteiger partial charge in [-0.25, -0.2) is 0 Å². The highest BCUT2D eigenvalue weighted by atomic mass is 32.2. The zero-order chi connectivity index (χ0) is 9.84. The molecule has 1 nitrogen and oxygen atoms in total. The van der Waals surface area contributed by atoms with Crippen molar-refractivity contribution in [2.24, 2.45) is 0 Å². The van der Waals surface area contributed by atoms with Gasteiger partial charge in [-0.15, -0.1) is 0 Å². The number of hydrogen-bond donors (Lipinski definition) is 0. The van der Waals surface area contributed by atoms with Crippen LogP contribution in [0.5, 0.6) is 0 Å². The molecule has 72 valence electrons. The van der Waals surface area contributed by atoms with Crippen molar-refractivity contribution in [1.82, 2.24) is 0 Å². The van der Waals surface area contributed by atoms with Gasteiger partial charge in [0.05, 0.1) is 23.3 Å². The van der Waals surface area contributed by atoms with Gasteiger partial charge in [0.25, 0.3) is 0 Å².